The molecule has 0 spiro atoms. The third-order valence-electron chi connectivity index (χ3n) is 3.71. The maximum atomic E-state index is 9.07. The van der Waals surface area contributed by atoms with Crippen molar-refractivity contribution in [2.24, 2.45) is 5.92 Å². The van der Waals surface area contributed by atoms with E-state index in [1.54, 1.807) is 0 Å². The van der Waals surface area contributed by atoms with Gasteiger partial charge in [-0.25, -0.2) is 0 Å². The molecule has 2 saturated carbocycles. The molecule has 0 aromatic heterocycles. The third kappa shape index (κ3) is 3.77. The Morgan fingerprint density at radius 1 is 1.31 bits per heavy atom. The van der Waals surface area contributed by atoms with Crippen molar-refractivity contribution < 1.29 is 0 Å². The van der Waals surface area contributed by atoms with Crippen molar-refractivity contribution in [2.45, 2.75) is 50.6 Å². The zero-order valence-electron chi connectivity index (χ0n) is 10.3. The van der Waals surface area contributed by atoms with Gasteiger partial charge in [0.25, 0.3) is 0 Å². The van der Waals surface area contributed by atoms with Crippen molar-refractivity contribution in [2.75, 3.05) is 20.1 Å². The molecule has 0 heterocycles. The lowest BCUT2D eigenvalue weighted by Gasteiger charge is -2.23. The topological polar surface area (TPSA) is 39.1 Å². The number of hydrogen-bond acceptors (Lipinski definition) is 3. The zero-order chi connectivity index (χ0) is 11.4. The van der Waals surface area contributed by atoms with E-state index in [1.165, 1.54) is 45.1 Å². The van der Waals surface area contributed by atoms with Crippen LogP contribution in [0.3, 0.4) is 0 Å². The standard InChI is InChI=1S/C13H23N3/c1-16(9-11-4-2-3-5-11)10-13(8-14)15-12-6-7-12/h11-13,15H,2-7,9-10H2,1H3. The minimum atomic E-state index is 0.0268. The lowest BCUT2D eigenvalue weighted by atomic mass is 10.1. The molecule has 2 fully saturated rings. The zero-order valence-corrected chi connectivity index (χ0v) is 10.3. The highest BCUT2D eigenvalue weighted by molar-refractivity contribution is 4.97. The van der Waals surface area contributed by atoms with Crippen molar-refractivity contribution in [3.05, 3.63) is 0 Å². The summed E-state index contributed by atoms with van der Waals surface area (Å²) in [4.78, 5) is 2.33. The molecular weight excluding hydrogens is 198 g/mol. The molecule has 0 aromatic rings. The molecule has 0 radical (unpaired) electrons. The predicted octanol–water partition coefficient (Wildman–Crippen LogP) is 1.75. The summed E-state index contributed by atoms with van der Waals surface area (Å²) in [7, 11) is 2.15. The average molecular weight is 221 g/mol. The first kappa shape index (κ1) is 11.9. The molecule has 16 heavy (non-hydrogen) atoms. The molecule has 2 aliphatic rings. The van der Waals surface area contributed by atoms with Crippen LogP contribution in [-0.2, 0) is 0 Å². The first-order chi connectivity index (χ1) is 7.78. The lowest BCUT2D eigenvalue weighted by Crippen LogP contribution is -2.41. The highest BCUT2D eigenvalue weighted by atomic mass is 15.1. The van der Waals surface area contributed by atoms with Gasteiger partial charge in [0.05, 0.1) is 6.07 Å². The molecule has 0 aromatic carbocycles. The number of hydrogen-bond donors (Lipinski definition) is 1. The van der Waals surface area contributed by atoms with Crippen LogP contribution in [0.2, 0.25) is 0 Å². The van der Waals surface area contributed by atoms with Crippen molar-refractivity contribution in [3.8, 4) is 6.07 Å². The van der Waals surface area contributed by atoms with E-state index in [2.05, 4.69) is 23.3 Å². The lowest BCUT2D eigenvalue weighted by molar-refractivity contribution is 0.263. The van der Waals surface area contributed by atoms with Gasteiger partial charge < -0.3 is 4.90 Å². The van der Waals surface area contributed by atoms with Crippen molar-refractivity contribution in [1.29, 1.82) is 5.26 Å². The van der Waals surface area contributed by atoms with Crippen LogP contribution in [0.4, 0.5) is 0 Å². The van der Waals surface area contributed by atoms with Crippen LogP contribution in [0.5, 0.6) is 0 Å². The predicted molar refractivity (Wildman–Crippen MR) is 65.0 cm³/mol. The Hall–Kier alpha value is -0.590. The smallest absolute Gasteiger partial charge is 0.108 e. The summed E-state index contributed by atoms with van der Waals surface area (Å²) < 4.78 is 0. The summed E-state index contributed by atoms with van der Waals surface area (Å²) in [6.07, 6.45) is 8.09. The molecule has 0 saturated heterocycles. The van der Waals surface area contributed by atoms with Gasteiger partial charge in [-0.1, -0.05) is 12.8 Å². The van der Waals surface area contributed by atoms with Crippen molar-refractivity contribution in [1.82, 2.24) is 10.2 Å². The molecular formula is C13H23N3. The maximum absolute atomic E-state index is 9.07. The molecule has 0 aliphatic heterocycles. The summed E-state index contributed by atoms with van der Waals surface area (Å²) in [6.45, 7) is 2.05. The number of nitrogens with zero attached hydrogens (tertiary/aromatic N) is 2. The second kappa shape index (κ2) is 5.65. The van der Waals surface area contributed by atoms with Crippen molar-refractivity contribution in [3.63, 3.8) is 0 Å². The molecule has 2 aliphatic carbocycles. The Labute approximate surface area is 98.8 Å². The van der Waals surface area contributed by atoms with E-state index < -0.39 is 0 Å². The first-order valence-electron chi connectivity index (χ1n) is 6.62. The minimum Gasteiger partial charge on any atom is -0.303 e. The molecule has 90 valence electrons. The van der Waals surface area contributed by atoms with Crippen LogP contribution in [0, 0.1) is 17.2 Å². The largest absolute Gasteiger partial charge is 0.303 e. The van der Waals surface area contributed by atoms with E-state index >= 15 is 0 Å². The maximum Gasteiger partial charge on any atom is 0.108 e. The summed E-state index contributed by atoms with van der Waals surface area (Å²) >= 11 is 0. The van der Waals surface area contributed by atoms with Gasteiger partial charge in [0, 0.05) is 19.1 Å². The van der Waals surface area contributed by atoms with Gasteiger partial charge >= 0.3 is 0 Å². The molecule has 3 nitrogen and oxygen atoms in total. The third-order valence-corrected chi connectivity index (χ3v) is 3.71. The van der Waals surface area contributed by atoms with Crippen LogP contribution >= 0.6 is 0 Å². The molecule has 1 atom stereocenters. The minimum absolute atomic E-state index is 0.0268. The molecule has 1 unspecified atom stereocenters. The van der Waals surface area contributed by atoms with Gasteiger partial charge in [-0.05, 0) is 38.6 Å². The van der Waals surface area contributed by atoms with Crippen LogP contribution in [0.1, 0.15) is 38.5 Å². The Balaban J connectivity index is 1.67. The summed E-state index contributed by atoms with van der Waals surface area (Å²) in [5.74, 6) is 0.880. The molecule has 0 bridgehead atoms. The highest BCUT2D eigenvalue weighted by Crippen LogP contribution is 2.25. The molecule has 3 heteroatoms. The van der Waals surface area contributed by atoms with E-state index in [-0.39, 0.29) is 6.04 Å². The van der Waals surface area contributed by atoms with Gasteiger partial charge in [0.15, 0.2) is 0 Å². The molecule has 0 amide bonds. The fourth-order valence-electron chi connectivity index (χ4n) is 2.69. The average Bonchev–Trinajstić information content (AvgIpc) is 2.93. The monoisotopic (exact) mass is 221 g/mol. The van der Waals surface area contributed by atoms with Gasteiger partial charge in [-0.3, -0.25) is 5.32 Å². The van der Waals surface area contributed by atoms with Crippen LogP contribution in [-0.4, -0.2) is 37.1 Å². The van der Waals surface area contributed by atoms with Crippen LogP contribution in [0.15, 0.2) is 0 Å². The Kier molecular flexibility index (Phi) is 4.20. The van der Waals surface area contributed by atoms with E-state index in [0.29, 0.717) is 6.04 Å². The molecule has 2 rings (SSSR count). The van der Waals surface area contributed by atoms with Crippen LogP contribution in [0.25, 0.3) is 0 Å². The summed E-state index contributed by atoms with van der Waals surface area (Å²) in [5, 5.41) is 12.5. The fraction of sp³-hybridized carbons (Fsp3) is 0.923. The summed E-state index contributed by atoms with van der Waals surface area (Å²) in [6, 6.07) is 3.03. The van der Waals surface area contributed by atoms with E-state index in [4.69, 9.17) is 5.26 Å². The first-order valence-corrected chi connectivity index (χ1v) is 6.62. The van der Waals surface area contributed by atoms with Gasteiger partial charge in [-0.2, -0.15) is 5.26 Å². The Morgan fingerprint density at radius 3 is 2.56 bits per heavy atom. The normalized spacial score (nSPS) is 23.6. The number of likely N-dealkylation sites (N-methyl/N-ethyl adjacent to an activating group) is 1. The second-order valence-corrected chi connectivity index (χ2v) is 5.49. The Bertz CT molecular complexity index is 248. The van der Waals surface area contributed by atoms with Gasteiger partial charge in [-0.15, -0.1) is 0 Å². The highest BCUT2D eigenvalue weighted by Gasteiger charge is 2.25. The van der Waals surface area contributed by atoms with E-state index in [9.17, 15) is 0 Å². The van der Waals surface area contributed by atoms with E-state index in [1.807, 2.05) is 0 Å². The quantitative estimate of drug-likeness (QED) is 0.742. The van der Waals surface area contributed by atoms with Gasteiger partial charge in [0.1, 0.15) is 6.04 Å². The van der Waals surface area contributed by atoms with Gasteiger partial charge in [0.2, 0.25) is 0 Å². The number of nitrogens with one attached hydrogen (secondary N) is 1. The Morgan fingerprint density at radius 2 is 2.00 bits per heavy atom. The molecule has 1 N–H and O–H groups in total. The van der Waals surface area contributed by atoms with Crippen molar-refractivity contribution >= 4 is 0 Å². The number of nitriles is 1. The number of rotatable bonds is 6. The summed E-state index contributed by atoms with van der Waals surface area (Å²) in [5.41, 5.74) is 0. The van der Waals surface area contributed by atoms with E-state index in [0.717, 1.165) is 12.5 Å². The second-order valence-electron chi connectivity index (χ2n) is 5.49. The SMILES string of the molecule is CN(CC1CCCC1)CC(C#N)NC1CC1. The fourth-order valence-corrected chi connectivity index (χ4v) is 2.69. The van der Waals surface area contributed by atoms with Crippen LogP contribution < -0.4 is 5.32 Å².